The van der Waals surface area contributed by atoms with Crippen LogP contribution in [0.15, 0.2) is 60.3 Å². The molecule has 0 atom stereocenters. The van der Waals surface area contributed by atoms with E-state index < -0.39 is 0 Å². The smallest absolute Gasteiger partial charge is 0.233 e. The van der Waals surface area contributed by atoms with Crippen LogP contribution in [0.3, 0.4) is 0 Å². The van der Waals surface area contributed by atoms with Gasteiger partial charge in [0.25, 0.3) is 0 Å². The Hall–Kier alpha value is -3.43. The Kier molecular flexibility index (Phi) is 8.44. The van der Waals surface area contributed by atoms with Gasteiger partial charge in [0.15, 0.2) is 0 Å². The summed E-state index contributed by atoms with van der Waals surface area (Å²) in [5.41, 5.74) is 18.2. The Morgan fingerprint density at radius 1 is 1.00 bits per heavy atom. The molecule has 9 heteroatoms. The van der Waals surface area contributed by atoms with Crippen molar-refractivity contribution in [1.82, 2.24) is 15.0 Å². The molecule has 0 saturated heterocycles. The normalized spacial score (nSPS) is 12.3. The molecule has 9 nitrogen and oxygen atoms in total. The molecule has 0 saturated carbocycles. The predicted octanol–water partition coefficient (Wildman–Crippen LogP) is 1.95. The van der Waals surface area contributed by atoms with Crippen LogP contribution < -0.4 is 33.2 Å². The Labute approximate surface area is 164 Å². The van der Waals surface area contributed by atoms with E-state index in [0.717, 1.165) is 17.8 Å². The molecular weight excluding hydrogens is 354 g/mol. The quantitative estimate of drug-likeness (QED) is 0.395. The average molecular weight is 381 g/mol. The Balaban J connectivity index is 0.00000136. The fourth-order valence-electron chi connectivity index (χ4n) is 2.29. The van der Waals surface area contributed by atoms with Crippen molar-refractivity contribution < 1.29 is 0 Å². The van der Waals surface area contributed by atoms with Gasteiger partial charge in [-0.1, -0.05) is 24.3 Å². The molecule has 9 N–H and O–H groups in total. The van der Waals surface area contributed by atoms with Gasteiger partial charge in [-0.25, -0.2) is 0 Å². The molecule has 2 aromatic rings. The van der Waals surface area contributed by atoms with Crippen LogP contribution in [-0.2, 0) is 0 Å². The third kappa shape index (κ3) is 6.71. The largest absolute Gasteiger partial charge is 0.399 e. The molecule has 0 bridgehead atoms. The van der Waals surface area contributed by atoms with E-state index in [0.29, 0.717) is 36.6 Å². The highest BCUT2D eigenvalue weighted by molar-refractivity contribution is 5.61. The number of benzene rings is 1. The summed E-state index contributed by atoms with van der Waals surface area (Å²) in [5, 5.41) is 9.43. The summed E-state index contributed by atoms with van der Waals surface area (Å²) in [7, 11) is 1.50. The van der Waals surface area contributed by atoms with Crippen LogP contribution >= 0.6 is 0 Å². The monoisotopic (exact) mass is 381 g/mol. The molecule has 0 amide bonds. The number of aromatic nitrogens is 3. The van der Waals surface area contributed by atoms with Crippen LogP contribution in [0.1, 0.15) is 6.42 Å². The molecule has 1 aromatic carbocycles. The summed E-state index contributed by atoms with van der Waals surface area (Å²) in [6.45, 7) is 1.04. The summed E-state index contributed by atoms with van der Waals surface area (Å²) in [6, 6.07) is 7.38. The van der Waals surface area contributed by atoms with Gasteiger partial charge >= 0.3 is 0 Å². The van der Waals surface area contributed by atoms with Gasteiger partial charge in [-0.3, -0.25) is 0 Å². The maximum atomic E-state index is 5.82. The molecule has 28 heavy (non-hydrogen) atoms. The minimum absolute atomic E-state index is 0.404. The highest BCUT2D eigenvalue weighted by atomic mass is 15.3. The fourth-order valence-corrected chi connectivity index (χ4v) is 2.29. The lowest BCUT2D eigenvalue weighted by molar-refractivity contribution is 0.972. The van der Waals surface area contributed by atoms with Gasteiger partial charge in [-0.2, -0.15) is 15.0 Å². The topological polar surface area (TPSA) is 153 Å². The molecule has 1 aliphatic carbocycles. The van der Waals surface area contributed by atoms with Gasteiger partial charge < -0.3 is 33.2 Å². The highest BCUT2D eigenvalue weighted by Crippen LogP contribution is 2.19. The van der Waals surface area contributed by atoms with E-state index in [1.165, 1.54) is 7.05 Å². The number of hydrogen-bond acceptors (Lipinski definition) is 9. The average Bonchev–Trinajstić information content (AvgIpc) is 2.96. The van der Waals surface area contributed by atoms with E-state index in [4.69, 9.17) is 11.5 Å². The molecule has 3 rings (SSSR count). The van der Waals surface area contributed by atoms with Crippen molar-refractivity contribution in [3.8, 4) is 0 Å². The number of nitrogens with two attached hydrogens (primary N) is 3. The zero-order valence-corrected chi connectivity index (χ0v) is 15.9. The SMILES string of the molecule is CN.NCCNc1nc(NC2=CC=CCC=C2)nc(Nc2cccc(N)c2)n1. The predicted molar refractivity (Wildman–Crippen MR) is 116 cm³/mol. The molecular formula is C19H27N9. The van der Waals surface area contributed by atoms with Crippen molar-refractivity contribution in [3.05, 3.63) is 60.3 Å². The van der Waals surface area contributed by atoms with Crippen LogP contribution in [0, 0.1) is 0 Å². The lowest BCUT2D eigenvalue weighted by Crippen LogP contribution is -2.16. The van der Waals surface area contributed by atoms with Crippen LogP contribution in [0.4, 0.5) is 29.2 Å². The van der Waals surface area contributed by atoms with Crippen LogP contribution in [-0.4, -0.2) is 35.1 Å². The Bertz CT molecular complexity index is 843. The fraction of sp³-hybridized carbons (Fsp3) is 0.211. The minimum Gasteiger partial charge on any atom is -0.399 e. The third-order valence-corrected chi connectivity index (χ3v) is 3.44. The van der Waals surface area contributed by atoms with Crippen molar-refractivity contribution in [1.29, 1.82) is 0 Å². The maximum Gasteiger partial charge on any atom is 0.233 e. The number of anilines is 5. The first-order valence-electron chi connectivity index (χ1n) is 8.93. The summed E-state index contributed by atoms with van der Waals surface area (Å²) < 4.78 is 0. The van der Waals surface area contributed by atoms with E-state index >= 15 is 0 Å². The van der Waals surface area contributed by atoms with Crippen molar-refractivity contribution in [2.45, 2.75) is 6.42 Å². The zero-order chi connectivity index (χ0) is 20.2. The first kappa shape index (κ1) is 20.9. The number of nitrogens with zero attached hydrogens (tertiary/aromatic N) is 3. The van der Waals surface area contributed by atoms with Crippen molar-refractivity contribution in [2.24, 2.45) is 11.5 Å². The number of rotatable bonds is 7. The first-order chi connectivity index (χ1) is 13.7. The van der Waals surface area contributed by atoms with Gasteiger partial charge in [-0.05, 0) is 43.8 Å². The number of nitrogens with one attached hydrogen (secondary N) is 3. The number of allylic oxidation sites excluding steroid dienone is 5. The van der Waals surface area contributed by atoms with Gasteiger partial charge in [0.2, 0.25) is 17.8 Å². The number of hydrogen-bond donors (Lipinski definition) is 6. The zero-order valence-electron chi connectivity index (χ0n) is 15.9. The second-order valence-electron chi connectivity index (χ2n) is 5.59. The number of nitrogen functional groups attached to an aromatic ring is 1. The molecule has 0 spiro atoms. The molecule has 1 aliphatic rings. The van der Waals surface area contributed by atoms with Gasteiger partial charge in [-0.15, -0.1) is 0 Å². The van der Waals surface area contributed by atoms with Crippen LogP contribution in [0.25, 0.3) is 0 Å². The summed E-state index contributed by atoms with van der Waals surface area (Å²) >= 11 is 0. The van der Waals surface area contributed by atoms with E-state index in [-0.39, 0.29) is 0 Å². The summed E-state index contributed by atoms with van der Waals surface area (Å²) in [5.74, 6) is 1.27. The van der Waals surface area contributed by atoms with Gasteiger partial charge in [0, 0.05) is 30.2 Å². The van der Waals surface area contributed by atoms with Crippen LogP contribution in [0.5, 0.6) is 0 Å². The van der Waals surface area contributed by atoms with E-state index in [2.05, 4.69) is 48.8 Å². The van der Waals surface area contributed by atoms with Gasteiger partial charge in [0.05, 0.1) is 0 Å². The third-order valence-electron chi connectivity index (χ3n) is 3.44. The maximum absolute atomic E-state index is 5.82. The minimum atomic E-state index is 0.404. The van der Waals surface area contributed by atoms with E-state index in [9.17, 15) is 0 Å². The Morgan fingerprint density at radius 2 is 1.75 bits per heavy atom. The van der Waals surface area contributed by atoms with Crippen molar-refractivity contribution >= 4 is 29.2 Å². The van der Waals surface area contributed by atoms with E-state index in [1.54, 1.807) is 0 Å². The molecule has 0 radical (unpaired) electrons. The summed E-state index contributed by atoms with van der Waals surface area (Å²) in [4.78, 5) is 13.2. The second-order valence-corrected chi connectivity index (χ2v) is 5.59. The Morgan fingerprint density at radius 3 is 2.50 bits per heavy atom. The molecule has 1 aromatic heterocycles. The molecule has 0 aliphatic heterocycles. The molecule has 0 fully saturated rings. The standard InChI is InChI=1S/C18H22N8.CH5N/c19-10-11-21-16-24-17(22-14-7-3-1-2-4-8-14)26-18(25-16)23-15-9-5-6-13(20)12-15;1-2/h1,3-9,12H,2,10-11,19-20H2,(H3,21,22,23,24,25,26);2H2,1H3. The first-order valence-corrected chi connectivity index (χ1v) is 8.93. The van der Waals surface area contributed by atoms with Crippen molar-refractivity contribution in [2.75, 3.05) is 41.8 Å². The van der Waals surface area contributed by atoms with E-state index in [1.807, 2.05) is 42.5 Å². The second kappa shape index (κ2) is 11.3. The molecule has 0 unspecified atom stereocenters. The lowest BCUT2D eigenvalue weighted by atomic mass is 10.3. The van der Waals surface area contributed by atoms with Crippen molar-refractivity contribution in [3.63, 3.8) is 0 Å². The van der Waals surface area contributed by atoms with Gasteiger partial charge in [0.1, 0.15) is 0 Å². The van der Waals surface area contributed by atoms with Crippen LogP contribution in [0.2, 0.25) is 0 Å². The highest BCUT2D eigenvalue weighted by Gasteiger charge is 2.08. The lowest BCUT2D eigenvalue weighted by Gasteiger charge is -2.11. The molecule has 1 heterocycles. The summed E-state index contributed by atoms with van der Waals surface area (Å²) in [6.07, 6.45) is 11.0. The molecule has 148 valence electrons.